The Morgan fingerprint density at radius 1 is 1.11 bits per heavy atom. The molecule has 0 atom stereocenters. The summed E-state index contributed by atoms with van der Waals surface area (Å²) < 4.78 is 44.4. The van der Waals surface area contributed by atoms with Crippen LogP contribution < -0.4 is 10.1 Å². The summed E-state index contributed by atoms with van der Waals surface area (Å²) >= 11 is 0. The summed E-state index contributed by atoms with van der Waals surface area (Å²) in [7, 11) is 0. The van der Waals surface area contributed by atoms with E-state index in [1.165, 1.54) is 18.3 Å². The summed E-state index contributed by atoms with van der Waals surface area (Å²) in [6.07, 6.45) is -3.05. The maximum Gasteiger partial charge on any atom is 0.416 e. The van der Waals surface area contributed by atoms with Crippen molar-refractivity contribution < 1.29 is 22.7 Å². The second kappa shape index (κ2) is 7.26. The van der Waals surface area contributed by atoms with Crippen molar-refractivity contribution in [2.75, 3.05) is 11.9 Å². The van der Waals surface area contributed by atoms with Crippen LogP contribution >= 0.6 is 0 Å². The first kappa shape index (κ1) is 18.7. The van der Waals surface area contributed by atoms with Crippen LogP contribution in [-0.4, -0.2) is 17.5 Å². The van der Waals surface area contributed by atoms with Gasteiger partial charge in [-0.15, -0.1) is 0 Å². The van der Waals surface area contributed by atoms with E-state index in [1.807, 2.05) is 32.0 Å². The van der Waals surface area contributed by atoms with Gasteiger partial charge in [-0.05, 0) is 55.3 Å². The molecule has 0 aliphatic rings. The second-order valence-electron chi connectivity index (χ2n) is 6.19. The molecule has 0 saturated heterocycles. The molecule has 0 spiro atoms. The molecule has 4 nitrogen and oxygen atoms in total. The number of carbonyl (C=O) groups excluding carboxylic acids is 1. The first-order chi connectivity index (χ1) is 12.7. The van der Waals surface area contributed by atoms with Gasteiger partial charge >= 0.3 is 6.18 Å². The standard InChI is InChI=1S/C20H17F3N2O2/c1-12-3-4-13(2)18(9-12)27-11-19(26)25-17-7-8-24-16-6-5-14(10-15(16)17)20(21,22)23/h3-10H,11H2,1-2H3,(H,24,25,26). The van der Waals surface area contributed by atoms with Gasteiger partial charge in [0.15, 0.2) is 6.61 Å². The first-order valence-corrected chi connectivity index (χ1v) is 8.20. The fourth-order valence-corrected chi connectivity index (χ4v) is 2.62. The van der Waals surface area contributed by atoms with Gasteiger partial charge in [-0.2, -0.15) is 13.2 Å². The molecule has 27 heavy (non-hydrogen) atoms. The zero-order chi connectivity index (χ0) is 19.6. The van der Waals surface area contributed by atoms with Crippen molar-refractivity contribution in [3.8, 4) is 5.75 Å². The molecule has 0 radical (unpaired) electrons. The number of hydrogen-bond acceptors (Lipinski definition) is 3. The molecular weight excluding hydrogens is 357 g/mol. The molecule has 0 bridgehead atoms. The van der Waals surface area contributed by atoms with Crippen LogP contribution in [0.3, 0.4) is 0 Å². The Kier molecular flexibility index (Phi) is 5.03. The number of benzene rings is 2. The monoisotopic (exact) mass is 374 g/mol. The number of alkyl halides is 3. The third-order valence-corrected chi connectivity index (χ3v) is 4.05. The van der Waals surface area contributed by atoms with E-state index in [2.05, 4.69) is 10.3 Å². The lowest BCUT2D eigenvalue weighted by Crippen LogP contribution is -2.20. The van der Waals surface area contributed by atoms with E-state index >= 15 is 0 Å². The van der Waals surface area contributed by atoms with Gasteiger partial charge in [0.2, 0.25) is 0 Å². The van der Waals surface area contributed by atoms with Crippen molar-refractivity contribution in [2.24, 2.45) is 0 Å². The van der Waals surface area contributed by atoms with E-state index in [4.69, 9.17) is 4.74 Å². The largest absolute Gasteiger partial charge is 0.483 e. The van der Waals surface area contributed by atoms with Gasteiger partial charge in [0.1, 0.15) is 5.75 Å². The maximum atomic E-state index is 13.0. The van der Waals surface area contributed by atoms with E-state index in [0.717, 1.165) is 23.3 Å². The molecule has 0 unspecified atom stereocenters. The molecule has 2 aromatic carbocycles. The van der Waals surface area contributed by atoms with Gasteiger partial charge in [0, 0.05) is 11.6 Å². The van der Waals surface area contributed by atoms with Gasteiger partial charge in [0.25, 0.3) is 5.91 Å². The Morgan fingerprint density at radius 2 is 1.89 bits per heavy atom. The number of anilines is 1. The topological polar surface area (TPSA) is 51.2 Å². The number of ether oxygens (including phenoxy) is 1. The van der Waals surface area contributed by atoms with Crippen molar-refractivity contribution in [1.82, 2.24) is 4.98 Å². The predicted molar refractivity (Wildman–Crippen MR) is 96.8 cm³/mol. The number of rotatable bonds is 4. The van der Waals surface area contributed by atoms with Gasteiger partial charge in [-0.1, -0.05) is 12.1 Å². The lowest BCUT2D eigenvalue weighted by molar-refractivity contribution is -0.137. The van der Waals surface area contributed by atoms with Crippen LogP contribution in [0.2, 0.25) is 0 Å². The number of nitrogens with one attached hydrogen (secondary N) is 1. The van der Waals surface area contributed by atoms with E-state index in [1.54, 1.807) is 0 Å². The maximum absolute atomic E-state index is 13.0. The Bertz CT molecular complexity index is 1000. The van der Waals surface area contributed by atoms with Gasteiger partial charge in [0.05, 0.1) is 16.8 Å². The van der Waals surface area contributed by atoms with Crippen LogP contribution in [0.5, 0.6) is 5.75 Å². The number of fused-ring (bicyclic) bond motifs is 1. The number of halogens is 3. The molecule has 0 aliphatic carbocycles. The average Bonchev–Trinajstić information content (AvgIpc) is 2.61. The summed E-state index contributed by atoms with van der Waals surface area (Å²) in [5, 5.41) is 2.81. The van der Waals surface area contributed by atoms with Crippen molar-refractivity contribution in [3.05, 3.63) is 65.4 Å². The van der Waals surface area contributed by atoms with Crippen LogP contribution in [-0.2, 0) is 11.0 Å². The van der Waals surface area contributed by atoms with E-state index in [-0.39, 0.29) is 17.7 Å². The molecule has 3 rings (SSSR count). The Hall–Kier alpha value is -3.09. The molecule has 7 heteroatoms. The fraction of sp³-hybridized carbons (Fsp3) is 0.200. The molecule has 1 N–H and O–H groups in total. The molecule has 1 amide bonds. The summed E-state index contributed by atoms with van der Waals surface area (Å²) in [6.45, 7) is 3.52. The minimum absolute atomic E-state index is 0.215. The van der Waals surface area contributed by atoms with Gasteiger partial charge in [-0.25, -0.2) is 0 Å². The lowest BCUT2D eigenvalue weighted by Gasteiger charge is -2.13. The number of aryl methyl sites for hydroxylation is 2. The van der Waals surface area contributed by atoms with Crippen LogP contribution in [0.15, 0.2) is 48.7 Å². The molecule has 1 aromatic heterocycles. The number of nitrogens with zero attached hydrogens (tertiary/aromatic N) is 1. The van der Waals surface area contributed by atoms with Crippen LogP contribution in [0, 0.1) is 13.8 Å². The van der Waals surface area contributed by atoms with Gasteiger partial charge in [-0.3, -0.25) is 9.78 Å². The number of hydrogen-bond donors (Lipinski definition) is 1. The highest BCUT2D eigenvalue weighted by molar-refractivity contribution is 6.01. The third-order valence-electron chi connectivity index (χ3n) is 4.05. The molecule has 0 fully saturated rings. The minimum atomic E-state index is -4.48. The Morgan fingerprint density at radius 3 is 2.63 bits per heavy atom. The van der Waals surface area contributed by atoms with Gasteiger partial charge < -0.3 is 10.1 Å². The number of pyridine rings is 1. The second-order valence-corrected chi connectivity index (χ2v) is 6.19. The first-order valence-electron chi connectivity index (χ1n) is 8.20. The highest BCUT2D eigenvalue weighted by Crippen LogP contribution is 2.33. The molecule has 1 heterocycles. The normalized spacial score (nSPS) is 11.4. The molecule has 0 aliphatic heterocycles. The van der Waals surface area contributed by atoms with Crippen LogP contribution in [0.4, 0.5) is 18.9 Å². The van der Waals surface area contributed by atoms with E-state index < -0.39 is 17.6 Å². The highest BCUT2D eigenvalue weighted by atomic mass is 19.4. The van der Waals surface area contributed by atoms with Crippen molar-refractivity contribution in [1.29, 1.82) is 0 Å². The van der Waals surface area contributed by atoms with Crippen molar-refractivity contribution in [3.63, 3.8) is 0 Å². The number of amides is 1. The lowest BCUT2D eigenvalue weighted by atomic mass is 10.1. The fourth-order valence-electron chi connectivity index (χ4n) is 2.62. The molecule has 3 aromatic rings. The van der Waals surface area contributed by atoms with E-state index in [9.17, 15) is 18.0 Å². The quantitative estimate of drug-likeness (QED) is 0.708. The smallest absolute Gasteiger partial charge is 0.416 e. The SMILES string of the molecule is Cc1ccc(C)c(OCC(=O)Nc2ccnc3ccc(C(F)(F)F)cc23)c1. The predicted octanol–water partition coefficient (Wildman–Crippen LogP) is 4.89. The number of aromatic nitrogens is 1. The third kappa shape index (κ3) is 4.36. The van der Waals surface area contributed by atoms with Crippen LogP contribution in [0.25, 0.3) is 10.9 Å². The Balaban J connectivity index is 1.79. The van der Waals surface area contributed by atoms with E-state index in [0.29, 0.717) is 11.3 Å². The number of carbonyl (C=O) groups is 1. The summed E-state index contributed by atoms with van der Waals surface area (Å²) in [4.78, 5) is 16.3. The average molecular weight is 374 g/mol. The van der Waals surface area contributed by atoms with Crippen LogP contribution in [0.1, 0.15) is 16.7 Å². The minimum Gasteiger partial charge on any atom is -0.483 e. The summed E-state index contributed by atoms with van der Waals surface area (Å²) in [6, 6.07) is 10.3. The Labute approximate surface area is 154 Å². The van der Waals surface area contributed by atoms with Crippen molar-refractivity contribution in [2.45, 2.75) is 20.0 Å². The molecule has 0 saturated carbocycles. The molecule has 140 valence electrons. The highest BCUT2D eigenvalue weighted by Gasteiger charge is 2.30. The zero-order valence-corrected chi connectivity index (χ0v) is 14.7. The molecular formula is C20H17F3N2O2. The summed E-state index contributed by atoms with van der Waals surface area (Å²) in [5.74, 6) is 0.116. The zero-order valence-electron chi connectivity index (χ0n) is 14.7. The van der Waals surface area contributed by atoms with Crippen molar-refractivity contribution >= 4 is 22.5 Å². The summed E-state index contributed by atoms with van der Waals surface area (Å²) in [5.41, 5.74) is 1.69.